The summed E-state index contributed by atoms with van der Waals surface area (Å²) < 4.78 is 26.3. The first-order valence-electron chi connectivity index (χ1n) is 12.5. The number of primary amides is 1. The minimum Gasteiger partial charge on any atom is -0.478 e. The van der Waals surface area contributed by atoms with Crippen LogP contribution < -0.4 is 20.7 Å². The molecule has 0 fully saturated rings. The number of sulfonamides is 1. The van der Waals surface area contributed by atoms with Gasteiger partial charge >= 0.3 is 17.8 Å². The Bertz CT molecular complexity index is 1450. The summed E-state index contributed by atoms with van der Waals surface area (Å²) in [5.41, 5.74) is 4.95. The summed E-state index contributed by atoms with van der Waals surface area (Å²) in [6.45, 7) is 2.34. The van der Waals surface area contributed by atoms with Crippen LogP contribution in [0.4, 0.5) is 11.4 Å². The Labute approximate surface area is 237 Å². The summed E-state index contributed by atoms with van der Waals surface area (Å²) in [6.07, 6.45) is 5.39. The first-order chi connectivity index (χ1) is 19.2. The average molecular weight is 589 g/mol. The van der Waals surface area contributed by atoms with E-state index in [1.54, 1.807) is 0 Å². The van der Waals surface area contributed by atoms with Crippen molar-refractivity contribution in [3.8, 4) is 0 Å². The van der Waals surface area contributed by atoms with Gasteiger partial charge in [-0.2, -0.15) is 0 Å². The number of anilines is 2. The molecule has 0 saturated carbocycles. The van der Waals surface area contributed by atoms with Crippen LogP contribution in [0.5, 0.6) is 0 Å². The predicted molar refractivity (Wildman–Crippen MR) is 151 cm³/mol. The lowest BCUT2D eigenvalue weighted by Gasteiger charge is -2.25. The van der Waals surface area contributed by atoms with Gasteiger partial charge in [-0.15, -0.1) is 0 Å². The van der Waals surface area contributed by atoms with Gasteiger partial charge in [0.25, 0.3) is 0 Å². The Morgan fingerprint density at radius 2 is 1.71 bits per heavy atom. The number of unbranched alkanes of at least 4 members (excludes halogenated alkanes) is 2. The first kappa shape index (κ1) is 32.7. The third-order valence-electron chi connectivity index (χ3n) is 5.71. The van der Waals surface area contributed by atoms with Gasteiger partial charge in [-0.25, -0.2) is 22.7 Å². The van der Waals surface area contributed by atoms with Crippen molar-refractivity contribution >= 4 is 57.1 Å². The number of hydrogen-bond donors (Lipinski definition) is 5. The maximum Gasteiger partial charge on any atom is 0.395 e. The van der Waals surface area contributed by atoms with E-state index in [-0.39, 0.29) is 28.9 Å². The van der Waals surface area contributed by atoms with Crippen molar-refractivity contribution in [1.29, 1.82) is 0 Å². The number of aliphatic carboxylic acids is 1. The topological polar surface area (TPSA) is 213 Å². The summed E-state index contributed by atoms with van der Waals surface area (Å²) in [6, 6.07) is 8.16. The highest BCUT2D eigenvalue weighted by Crippen LogP contribution is 2.33. The number of nitrogens with two attached hydrogens (primary N) is 1. The number of carbonyl (C=O) groups excluding carboxylic acids is 3. The van der Waals surface area contributed by atoms with E-state index < -0.39 is 45.7 Å². The van der Waals surface area contributed by atoms with E-state index >= 15 is 0 Å². The number of hydrogen-bond acceptors (Lipinski definition) is 7. The number of aromatic carboxylic acids is 1. The molecule has 2 aromatic carbocycles. The van der Waals surface area contributed by atoms with Crippen LogP contribution in [0.2, 0.25) is 0 Å². The van der Waals surface area contributed by atoms with Crippen molar-refractivity contribution in [3.05, 3.63) is 65.2 Å². The fraction of sp³-hybridized carbons (Fsp3) is 0.296. The predicted octanol–water partition coefficient (Wildman–Crippen LogP) is 1.40. The fourth-order valence-electron chi connectivity index (χ4n) is 3.93. The van der Waals surface area contributed by atoms with Crippen molar-refractivity contribution in [1.82, 2.24) is 10.0 Å². The molecule has 1 unspecified atom stereocenters. The molecule has 1 atom stereocenters. The minimum atomic E-state index is -3.81. The number of nitrogens with zero attached hydrogens (tertiary/aromatic N) is 1. The van der Waals surface area contributed by atoms with Crippen LogP contribution in [0.15, 0.2) is 48.5 Å². The second-order valence-corrected chi connectivity index (χ2v) is 10.8. The second-order valence-electron chi connectivity index (χ2n) is 9.04. The number of nitrogens with one attached hydrogen (secondary N) is 2. The summed E-state index contributed by atoms with van der Waals surface area (Å²) in [5.74, 6) is -6.22. The number of para-hydroxylation sites is 1. The standard InChI is InChI=1S/C27H32N4O9S/c1-3-4-7-14-29-24(33)20(30-41(2,39)40)16-17-10-12-21(18(15-17)11-13-23(28)32)31(25(34)27(37)38)22-9-6-5-8-19(22)26(35)36/h5-6,8-13,15,20,30H,3-4,7,14,16H2,1-2H3,(H2,28,32)(H,29,33)(H,35,36)(H,37,38)/b13-11+. The SMILES string of the molecule is CCCCCNC(=O)C(Cc1ccc(N(C(=O)C(=O)O)c2ccccc2C(=O)O)c(/C=C/C(N)=O)c1)NS(C)(=O)=O. The molecular weight excluding hydrogens is 556 g/mol. The van der Waals surface area contributed by atoms with Crippen LogP contribution in [0, 0.1) is 0 Å². The van der Waals surface area contributed by atoms with Gasteiger partial charge in [0.05, 0.1) is 23.2 Å². The maximum absolute atomic E-state index is 12.9. The Morgan fingerprint density at radius 3 is 2.29 bits per heavy atom. The number of rotatable bonds is 14. The average Bonchev–Trinajstić information content (AvgIpc) is 2.89. The molecule has 0 spiro atoms. The largest absolute Gasteiger partial charge is 0.478 e. The molecule has 3 amide bonds. The Morgan fingerprint density at radius 1 is 1.02 bits per heavy atom. The quantitative estimate of drug-likeness (QED) is 0.122. The normalized spacial score (nSPS) is 12.0. The molecule has 220 valence electrons. The van der Waals surface area contributed by atoms with Crippen LogP contribution in [-0.2, 0) is 35.6 Å². The highest BCUT2D eigenvalue weighted by Gasteiger charge is 2.30. The van der Waals surface area contributed by atoms with Gasteiger partial charge in [0, 0.05) is 12.6 Å². The van der Waals surface area contributed by atoms with Crippen molar-refractivity contribution in [2.24, 2.45) is 5.73 Å². The van der Waals surface area contributed by atoms with Crippen LogP contribution in [0.3, 0.4) is 0 Å². The smallest absolute Gasteiger partial charge is 0.395 e. The fourth-order valence-corrected chi connectivity index (χ4v) is 4.63. The molecular formula is C27H32N4O9S. The van der Waals surface area contributed by atoms with E-state index in [1.165, 1.54) is 48.5 Å². The maximum atomic E-state index is 12.9. The van der Waals surface area contributed by atoms with Crippen molar-refractivity contribution < 1.29 is 42.6 Å². The lowest BCUT2D eigenvalue weighted by Crippen LogP contribution is -2.47. The Balaban J connectivity index is 2.64. The van der Waals surface area contributed by atoms with Gasteiger partial charge < -0.3 is 21.3 Å². The van der Waals surface area contributed by atoms with Crippen LogP contribution in [0.25, 0.3) is 6.08 Å². The molecule has 0 aliphatic carbocycles. The second kappa shape index (κ2) is 14.7. The molecule has 14 heteroatoms. The van der Waals surface area contributed by atoms with Gasteiger partial charge in [-0.1, -0.05) is 38.0 Å². The minimum absolute atomic E-state index is 0.0672. The lowest BCUT2D eigenvalue weighted by atomic mass is 10.00. The molecule has 0 aliphatic heterocycles. The molecule has 0 saturated heterocycles. The highest BCUT2D eigenvalue weighted by molar-refractivity contribution is 7.88. The molecule has 0 bridgehead atoms. The molecule has 0 heterocycles. The van der Waals surface area contributed by atoms with E-state index in [9.17, 15) is 42.6 Å². The van der Waals surface area contributed by atoms with Gasteiger partial charge in [0.1, 0.15) is 6.04 Å². The van der Waals surface area contributed by atoms with Crippen LogP contribution >= 0.6 is 0 Å². The number of carboxylic acids is 2. The van der Waals surface area contributed by atoms with Gasteiger partial charge in [0.2, 0.25) is 21.8 Å². The number of carbonyl (C=O) groups is 5. The number of carboxylic acid groups (broad SMARTS) is 2. The van der Waals surface area contributed by atoms with Crippen molar-refractivity contribution in [2.45, 2.75) is 38.6 Å². The van der Waals surface area contributed by atoms with E-state index in [4.69, 9.17) is 5.73 Å². The zero-order valence-electron chi connectivity index (χ0n) is 22.5. The van der Waals surface area contributed by atoms with Gasteiger partial charge in [-0.05, 0) is 54.3 Å². The Hall–Kier alpha value is -4.56. The Kier molecular flexibility index (Phi) is 11.7. The molecule has 0 radical (unpaired) electrons. The van der Waals surface area contributed by atoms with Gasteiger partial charge in [-0.3, -0.25) is 19.3 Å². The molecule has 2 aromatic rings. The van der Waals surface area contributed by atoms with Crippen LogP contribution in [0.1, 0.15) is 47.7 Å². The number of amides is 3. The molecule has 0 aromatic heterocycles. The third-order valence-corrected chi connectivity index (χ3v) is 6.43. The zero-order chi connectivity index (χ0) is 30.7. The van der Waals surface area contributed by atoms with Crippen molar-refractivity contribution in [2.75, 3.05) is 17.7 Å². The molecule has 2 rings (SSSR count). The summed E-state index contributed by atoms with van der Waals surface area (Å²) in [5, 5.41) is 21.9. The summed E-state index contributed by atoms with van der Waals surface area (Å²) in [7, 11) is -3.81. The summed E-state index contributed by atoms with van der Waals surface area (Å²) >= 11 is 0. The number of benzene rings is 2. The van der Waals surface area contributed by atoms with E-state index in [0.29, 0.717) is 23.4 Å². The highest BCUT2D eigenvalue weighted by atomic mass is 32.2. The van der Waals surface area contributed by atoms with Gasteiger partial charge in [0.15, 0.2) is 0 Å². The first-order valence-corrected chi connectivity index (χ1v) is 14.4. The van der Waals surface area contributed by atoms with E-state index in [2.05, 4.69) is 10.0 Å². The zero-order valence-corrected chi connectivity index (χ0v) is 23.3. The van der Waals surface area contributed by atoms with Crippen molar-refractivity contribution in [3.63, 3.8) is 0 Å². The lowest BCUT2D eigenvalue weighted by molar-refractivity contribution is -0.148. The van der Waals surface area contributed by atoms with E-state index in [1.807, 2.05) is 6.92 Å². The third kappa shape index (κ3) is 9.85. The molecule has 41 heavy (non-hydrogen) atoms. The molecule has 0 aliphatic rings. The summed E-state index contributed by atoms with van der Waals surface area (Å²) in [4.78, 5) is 61.5. The molecule has 13 nitrogen and oxygen atoms in total. The molecule has 6 N–H and O–H groups in total. The monoisotopic (exact) mass is 588 g/mol. The van der Waals surface area contributed by atoms with Crippen LogP contribution in [-0.4, -0.2) is 67.1 Å². The van der Waals surface area contributed by atoms with E-state index in [0.717, 1.165) is 25.2 Å².